The second-order valence-electron chi connectivity index (χ2n) is 5.67. The van der Waals surface area contributed by atoms with E-state index in [4.69, 9.17) is 9.47 Å². The normalized spacial score (nSPS) is 11.3. The molecule has 0 unspecified atom stereocenters. The summed E-state index contributed by atoms with van der Waals surface area (Å²) in [5.41, 5.74) is 1.97. The van der Waals surface area contributed by atoms with Crippen molar-refractivity contribution in [2.45, 2.75) is 13.0 Å². The van der Waals surface area contributed by atoms with Gasteiger partial charge in [-0.1, -0.05) is 30.3 Å². The average molecular weight is 359 g/mol. The van der Waals surface area contributed by atoms with E-state index in [1.54, 1.807) is 26.3 Å². The first kappa shape index (κ1) is 19.7. The van der Waals surface area contributed by atoms with Crippen LogP contribution in [0.3, 0.4) is 0 Å². The van der Waals surface area contributed by atoms with E-state index in [-0.39, 0.29) is 5.82 Å². The third-order valence-electron chi connectivity index (χ3n) is 3.81. The fourth-order valence-corrected chi connectivity index (χ4v) is 2.48. The van der Waals surface area contributed by atoms with E-state index in [1.807, 2.05) is 30.3 Å². The van der Waals surface area contributed by atoms with Crippen LogP contribution in [0.15, 0.2) is 53.5 Å². The zero-order chi connectivity index (χ0) is 18.6. The van der Waals surface area contributed by atoms with Gasteiger partial charge >= 0.3 is 0 Å². The molecule has 0 amide bonds. The first-order valence-corrected chi connectivity index (χ1v) is 8.61. The summed E-state index contributed by atoms with van der Waals surface area (Å²) >= 11 is 0. The molecule has 26 heavy (non-hydrogen) atoms. The molecule has 0 bridgehead atoms. The van der Waals surface area contributed by atoms with Crippen LogP contribution in [-0.4, -0.2) is 39.8 Å². The van der Waals surface area contributed by atoms with Crippen molar-refractivity contribution in [2.75, 3.05) is 33.9 Å². The number of aliphatic imine (C=N–C) groups is 1. The van der Waals surface area contributed by atoms with Crippen LogP contribution >= 0.6 is 0 Å². The van der Waals surface area contributed by atoms with Crippen molar-refractivity contribution in [3.8, 4) is 5.75 Å². The minimum Gasteiger partial charge on any atom is -0.496 e. The molecule has 0 saturated heterocycles. The van der Waals surface area contributed by atoms with Gasteiger partial charge < -0.3 is 20.1 Å². The predicted molar refractivity (Wildman–Crippen MR) is 102 cm³/mol. The number of ether oxygens (including phenoxy) is 2. The van der Waals surface area contributed by atoms with Gasteiger partial charge in [0.15, 0.2) is 5.96 Å². The molecule has 0 aliphatic carbocycles. The van der Waals surface area contributed by atoms with Crippen molar-refractivity contribution in [2.24, 2.45) is 4.99 Å². The van der Waals surface area contributed by atoms with Crippen LogP contribution in [0.25, 0.3) is 0 Å². The highest BCUT2D eigenvalue weighted by Gasteiger charge is 2.02. The molecule has 0 saturated carbocycles. The Morgan fingerprint density at radius 3 is 2.65 bits per heavy atom. The standard InChI is InChI=1S/C20H26FN3O2/c1-22-20(23-11-10-16-6-5-8-18(21)14-16)24-12-13-26-15-17-7-3-4-9-19(17)25-2/h3-9,14H,10-13,15H2,1-2H3,(H2,22,23,24). The van der Waals surface area contributed by atoms with Gasteiger partial charge in [0.1, 0.15) is 11.6 Å². The minimum absolute atomic E-state index is 0.211. The third-order valence-corrected chi connectivity index (χ3v) is 3.81. The second-order valence-corrected chi connectivity index (χ2v) is 5.67. The zero-order valence-corrected chi connectivity index (χ0v) is 15.3. The number of rotatable bonds is 9. The van der Waals surface area contributed by atoms with Crippen LogP contribution in [0.5, 0.6) is 5.75 Å². The van der Waals surface area contributed by atoms with Crippen LogP contribution in [0, 0.1) is 5.82 Å². The molecule has 5 nitrogen and oxygen atoms in total. The van der Waals surface area contributed by atoms with Crippen molar-refractivity contribution >= 4 is 5.96 Å². The maximum absolute atomic E-state index is 13.2. The van der Waals surface area contributed by atoms with Crippen molar-refractivity contribution in [3.05, 3.63) is 65.5 Å². The molecular formula is C20H26FN3O2. The molecule has 0 aliphatic heterocycles. The third kappa shape index (κ3) is 6.72. The Morgan fingerprint density at radius 1 is 1.08 bits per heavy atom. The molecule has 0 heterocycles. The fourth-order valence-electron chi connectivity index (χ4n) is 2.48. The zero-order valence-electron chi connectivity index (χ0n) is 15.3. The molecule has 140 valence electrons. The number of hydrogen-bond donors (Lipinski definition) is 2. The summed E-state index contributed by atoms with van der Waals surface area (Å²) < 4.78 is 24.1. The van der Waals surface area contributed by atoms with Crippen molar-refractivity contribution in [1.82, 2.24) is 10.6 Å². The summed E-state index contributed by atoms with van der Waals surface area (Å²) in [5, 5.41) is 6.40. The smallest absolute Gasteiger partial charge is 0.191 e. The summed E-state index contributed by atoms with van der Waals surface area (Å²) in [6.45, 7) is 2.35. The topological polar surface area (TPSA) is 54.9 Å². The summed E-state index contributed by atoms with van der Waals surface area (Å²) in [6.07, 6.45) is 0.725. The number of nitrogens with zero attached hydrogens (tertiary/aromatic N) is 1. The highest BCUT2D eigenvalue weighted by atomic mass is 19.1. The number of nitrogens with one attached hydrogen (secondary N) is 2. The summed E-state index contributed by atoms with van der Waals surface area (Å²) in [4.78, 5) is 4.16. The van der Waals surface area contributed by atoms with E-state index in [0.717, 1.165) is 23.3 Å². The number of guanidine groups is 1. The van der Waals surface area contributed by atoms with E-state index in [1.165, 1.54) is 6.07 Å². The van der Waals surface area contributed by atoms with Crippen LogP contribution in [-0.2, 0) is 17.8 Å². The Bertz CT molecular complexity index is 707. The fraction of sp³-hybridized carbons (Fsp3) is 0.350. The molecule has 0 radical (unpaired) electrons. The average Bonchev–Trinajstić information content (AvgIpc) is 2.66. The largest absolute Gasteiger partial charge is 0.496 e. The summed E-state index contributed by atoms with van der Waals surface area (Å²) in [5.74, 6) is 1.31. The number of halogens is 1. The van der Waals surface area contributed by atoms with E-state index in [9.17, 15) is 4.39 Å². The Labute approximate surface area is 154 Å². The van der Waals surface area contributed by atoms with Gasteiger partial charge in [0.05, 0.1) is 20.3 Å². The molecule has 0 aliphatic rings. The van der Waals surface area contributed by atoms with Crippen molar-refractivity contribution < 1.29 is 13.9 Å². The van der Waals surface area contributed by atoms with Crippen LogP contribution in [0.4, 0.5) is 4.39 Å². The number of para-hydroxylation sites is 1. The van der Waals surface area contributed by atoms with Gasteiger partial charge in [0, 0.05) is 25.7 Å². The van der Waals surface area contributed by atoms with Crippen LogP contribution < -0.4 is 15.4 Å². The Kier molecular flexibility index (Phi) is 8.42. The lowest BCUT2D eigenvalue weighted by Crippen LogP contribution is -2.39. The van der Waals surface area contributed by atoms with E-state index >= 15 is 0 Å². The maximum atomic E-state index is 13.2. The molecule has 0 spiro atoms. The van der Waals surface area contributed by atoms with Gasteiger partial charge in [-0.05, 0) is 30.2 Å². The number of methoxy groups -OCH3 is 1. The molecule has 0 aromatic heterocycles. The molecular weight excluding hydrogens is 333 g/mol. The molecule has 0 fully saturated rings. The second kappa shape index (κ2) is 11.1. The Balaban J connectivity index is 1.63. The van der Waals surface area contributed by atoms with E-state index in [2.05, 4.69) is 15.6 Å². The first-order chi connectivity index (χ1) is 12.7. The molecule has 0 atom stereocenters. The lowest BCUT2D eigenvalue weighted by molar-refractivity contribution is 0.123. The minimum atomic E-state index is -0.211. The van der Waals surface area contributed by atoms with Crippen LogP contribution in [0.1, 0.15) is 11.1 Å². The van der Waals surface area contributed by atoms with Gasteiger partial charge in [-0.25, -0.2) is 4.39 Å². The SMILES string of the molecule is CN=C(NCCOCc1ccccc1OC)NCCc1cccc(F)c1. The number of benzene rings is 2. The maximum Gasteiger partial charge on any atom is 0.191 e. The lowest BCUT2D eigenvalue weighted by Gasteiger charge is -2.13. The Hall–Kier alpha value is -2.60. The van der Waals surface area contributed by atoms with Crippen molar-refractivity contribution in [3.63, 3.8) is 0 Å². The highest BCUT2D eigenvalue weighted by Crippen LogP contribution is 2.17. The van der Waals surface area contributed by atoms with E-state index in [0.29, 0.717) is 32.3 Å². The molecule has 6 heteroatoms. The molecule has 2 N–H and O–H groups in total. The summed E-state index contributed by atoms with van der Waals surface area (Å²) in [6, 6.07) is 14.4. The first-order valence-electron chi connectivity index (χ1n) is 8.61. The Morgan fingerprint density at radius 2 is 1.88 bits per heavy atom. The van der Waals surface area contributed by atoms with Gasteiger partial charge in [0.2, 0.25) is 0 Å². The van der Waals surface area contributed by atoms with Crippen molar-refractivity contribution in [1.29, 1.82) is 0 Å². The monoisotopic (exact) mass is 359 g/mol. The van der Waals surface area contributed by atoms with Gasteiger partial charge in [-0.15, -0.1) is 0 Å². The lowest BCUT2D eigenvalue weighted by atomic mass is 10.1. The van der Waals surface area contributed by atoms with Gasteiger partial charge in [-0.2, -0.15) is 0 Å². The number of hydrogen-bond acceptors (Lipinski definition) is 3. The predicted octanol–water partition coefficient (Wildman–Crippen LogP) is 2.76. The van der Waals surface area contributed by atoms with Gasteiger partial charge in [-0.3, -0.25) is 4.99 Å². The molecule has 2 aromatic rings. The quantitative estimate of drug-likeness (QED) is 0.411. The molecule has 2 aromatic carbocycles. The van der Waals surface area contributed by atoms with Crippen LogP contribution in [0.2, 0.25) is 0 Å². The van der Waals surface area contributed by atoms with Gasteiger partial charge in [0.25, 0.3) is 0 Å². The summed E-state index contributed by atoms with van der Waals surface area (Å²) in [7, 11) is 3.37. The molecule has 2 rings (SSSR count). The van der Waals surface area contributed by atoms with E-state index < -0.39 is 0 Å². The highest BCUT2D eigenvalue weighted by molar-refractivity contribution is 5.79.